The molecule has 0 atom stereocenters. The van der Waals surface area contributed by atoms with Gasteiger partial charge in [-0.2, -0.15) is 0 Å². The van der Waals surface area contributed by atoms with Gasteiger partial charge in [-0.3, -0.25) is 0 Å². The minimum absolute atomic E-state index is 0.302. The molecule has 0 aliphatic heterocycles. The van der Waals surface area contributed by atoms with Gasteiger partial charge in [0.15, 0.2) is 0 Å². The number of aryl methyl sites for hydroxylation is 1. The lowest BCUT2D eigenvalue weighted by Gasteiger charge is -2.00. The monoisotopic (exact) mass is 309 g/mol. The van der Waals surface area contributed by atoms with E-state index in [0.717, 1.165) is 21.7 Å². The summed E-state index contributed by atoms with van der Waals surface area (Å²) in [6.07, 6.45) is 0.650. The van der Waals surface area contributed by atoms with E-state index in [1.54, 1.807) is 0 Å². The van der Waals surface area contributed by atoms with Gasteiger partial charge in [-0.25, -0.2) is 9.78 Å². The Kier molecular flexibility index (Phi) is 4.02. The molecule has 4 heteroatoms. The van der Waals surface area contributed by atoms with E-state index in [2.05, 4.69) is 4.98 Å². The summed E-state index contributed by atoms with van der Waals surface area (Å²) in [5.41, 5.74) is 3.63. The lowest BCUT2D eigenvalue weighted by molar-refractivity contribution is 0.0702. The van der Waals surface area contributed by atoms with Crippen LogP contribution in [0.15, 0.2) is 54.6 Å². The van der Waals surface area contributed by atoms with Gasteiger partial charge in [0.2, 0.25) is 0 Å². The summed E-state index contributed by atoms with van der Waals surface area (Å²) in [6.45, 7) is 1.99. The van der Waals surface area contributed by atoms with Crippen molar-refractivity contribution >= 4 is 17.3 Å². The van der Waals surface area contributed by atoms with Crippen LogP contribution in [0.4, 0.5) is 0 Å². The van der Waals surface area contributed by atoms with Crippen molar-refractivity contribution in [1.82, 2.24) is 4.98 Å². The van der Waals surface area contributed by atoms with Gasteiger partial charge < -0.3 is 5.11 Å². The molecule has 0 amide bonds. The van der Waals surface area contributed by atoms with Crippen molar-refractivity contribution in [3.63, 3.8) is 0 Å². The van der Waals surface area contributed by atoms with Crippen LogP contribution in [0.2, 0.25) is 0 Å². The van der Waals surface area contributed by atoms with E-state index in [1.807, 2.05) is 61.5 Å². The Hall–Kier alpha value is -2.46. The SMILES string of the molecule is Cc1cccc(-c2nc(Cc3ccccc3)sc2C(=O)O)c1. The van der Waals surface area contributed by atoms with Crippen LogP contribution in [0.5, 0.6) is 0 Å². The molecule has 22 heavy (non-hydrogen) atoms. The average Bonchev–Trinajstić information content (AvgIpc) is 2.92. The molecule has 0 bridgehead atoms. The number of nitrogens with zero attached hydrogens (tertiary/aromatic N) is 1. The number of thiazole rings is 1. The van der Waals surface area contributed by atoms with Crippen molar-refractivity contribution in [3.8, 4) is 11.3 Å². The number of carboxylic acid groups (broad SMARTS) is 1. The van der Waals surface area contributed by atoms with Crippen molar-refractivity contribution < 1.29 is 9.90 Å². The molecular weight excluding hydrogens is 294 g/mol. The zero-order chi connectivity index (χ0) is 15.5. The zero-order valence-electron chi connectivity index (χ0n) is 12.1. The first kappa shape index (κ1) is 14.5. The smallest absolute Gasteiger partial charge is 0.348 e. The Labute approximate surface area is 132 Å². The maximum atomic E-state index is 11.5. The predicted octanol–water partition coefficient (Wildman–Crippen LogP) is 4.41. The third-order valence-corrected chi connectivity index (χ3v) is 4.40. The van der Waals surface area contributed by atoms with E-state index in [0.29, 0.717) is 17.0 Å². The highest BCUT2D eigenvalue weighted by Crippen LogP contribution is 2.30. The van der Waals surface area contributed by atoms with Crippen molar-refractivity contribution in [2.24, 2.45) is 0 Å². The van der Waals surface area contributed by atoms with Crippen LogP contribution in [0, 0.1) is 6.92 Å². The van der Waals surface area contributed by atoms with Crippen molar-refractivity contribution in [2.45, 2.75) is 13.3 Å². The molecule has 3 rings (SSSR count). The first-order chi connectivity index (χ1) is 10.6. The zero-order valence-corrected chi connectivity index (χ0v) is 12.9. The maximum absolute atomic E-state index is 11.5. The van der Waals surface area contributed by atoms with Gasteiger partial charge in [0, 0.05) is 12.0 Å². The van der Waals surface area contributed by atoms with Crippen molar-refractivity contribution in [3.05, 3.63) is 75.6 Å². The normalized spacial score (nSPS) is 10.6. The Morgan fingerprint density at radius 3 is 2.59 bits per heavy atom. The second kappa shape index (κ2) is 6.12. The predicted molar refractivity (Wildman–Crippen MR) is 88.5 cm³/mol. The molecule has 0 saturated heterocycles. The van der Waals surface area contributed by atoms with Gasteiger partial charge in [-0.05, 0) is 18.6 Å². The lowest BCUT2D eigenvalue weighted by atomic mass is 10.1. The Morgan fingerprint density at radius 2 is 1.91 bits per heavy atom. The molecule has 110 valence electrons. The minimum Gasteiger partial charge on any atom is -0.477 e. The summed E-state index contributed by atoms with van der Waals surface area (Å²) in [4.78, 5) is 16.4. The number of carbonyl (C=O) groups is 1. The number of hydrogen-bond acceptors (Lipinski definition) is 3. The summed E-state index contributed by atoms with van der Waals surface area (Å²) < 4.78 is 0. The standard InChI is InChI=1S/C18H15NO2S/c1-12-6-5-9-14(10-12)16-17(18(20)21)22-15(19-16)11-13-7-3-2-4-8-13/h2-10H,11H2,1H3,(H,20,21). The fraction of sp³-hybridized carbons (Fsp3) is 0.111. The Balaban J connectivity index is 2.01. The quantitative estimate of drug-likeness (QED) is 0.776. The number of carboxylic acids is 1. The number of rotatable bonds is 4. The highest BCUT2D eigenvalue weighted by molar-refractivity contribution is 7.14. The summed E-state index contributed by atoms with van der Waals surface area (Å²) >= 11 is 1.25. The number of hydrogen-bond donors (Lipinski definition) is 1. The molecule has 0 aliphatic rings. The fourth-order valence-electron chi connectivity index (χ4n) is 2.34. The number of aromatic nitrogens is 1. The van der Waals surface area contributed by atoms with Gasteiger partial charge in [0.05, 0.1) is 10.7 Å². The summed E-state index contributed by atoms with van der Waals surface area (Å²) in [5, 5.41) is 10.3. The van der Waals surface area contributed by atoms with Gasteiger partial charge >= 0.3 is 5.97 Å². The van der Waals surface area contributed by atoms with Crippen molar-refractivity contribution in [1.29, 1.82) is 0 Å². The molecule has 2 aromatic carbocycles. The Morgan fingerprint density at radius 1 is 1.14 bits per heavy atom. The van der Waals surface area contributed by atoms with E-state index in [4.69, 9.17) is 0 Å². The average molecular weight is 309 g/mol. The first-order valence-corrected chi connectivity index (χ1v) is 7.79. The molecule has 1 heterocycles. The van der Waals surface area contributed by atoms with Gasteiger partial charge in [0.1, 0.15) is 4.88 Å². The van der Waals surface area contributed by atoms with Crippen LogP contribution in [0.25, 0.3) is 11.3 Å². The molecule has 0 unspecified atom stereocenters. The highest BCUT2D eigenvalue weighted by Gasteiger charge is 2.18. The van der Waals surface area contributed by atoms with E-state index in [-0.39, 0.29) is 0 Å². The lowest BCUT2D eigenvalue weighted by Crippen LogP contribution is -1.95. The third kappa shape index (κ3) is 3.07. The summed E-state index contributed by atoms with van der Waals surface area (Å²) in [5.74, 6) is -0.923. The summed E-state index contributed by atoms with van der Waals surface area (Å²) in [7, 11) is 0. The second-order valence-corrected chi connectivity index (χ2v) is 6.21. The molecule has 0 saturated carbocycles. The maximum Gasteiger partial charge on any atom is 0.348 e. The van der Waals surface area contributed by atoms with E-state index < -0.39 is 5.97 Å². The first-order valence-electron chi connectivity index (χ1n) is 6.97. The Bertz CT molecular complexity index is 809. The van der Waals surface area contributed by atoms with Gasteiger partial charge in [-0.15, -0.1) is 11.3 Å². The van der Waals surface area contributed by atoms with Gasteiger partial charge in [0.25, 0.3) is 0 Å². The van der Waals surface area contributed by atoms with Crippen LogP contribution in [0.3, 0.4) is 0 Å². The third-order valence-electron chi connectivity index (χ3n) is 3.36. The minimum atomic E-state index is -0.923. The largest absolute Gasteiger partial charge is 0.477 e. The molecule has 1 N–H and O–H groups in total. The molecule has 0 radical (unpaired) electrons. The fourth-order valence-corrected chi connectivity index (χ4v) is 3.30. The number of aromatic carboxylic acids is 1. The van der Waals surface area contributed by atoms with E-state index >= 15 is 0 Å². The van der Waals surface area contributed by atoms with Crippen LogP contribution in [-0.4, -0.2) is 16.1 Å². The second-order valence-electron chi connectivity index (χ2n) is 5.12. The van der Waals surface area contributed by atoms with Crippen LogP contribution in [-0.2, 0) is 6.42 Å². The van der Waals surface area contributed by atoms with Crippen LogP contribution >= 0.6 is 11.3 Å². The van der Waals surface area contributed by atoms with E-state index in [1.165, 1.54) is 11.3 Å². The molecule has 3 aromatic rings. The molecule has 0 aliphatic carbocycles. The summed E-state index contributed by atoms with van der Waals surface area (Å²) in [6, 6.07) is 17.7. The topological polar surface area (TPSA) is 50.2 Å². The van der Waals surface area contributed by atoms with Crippen molar-refractivity contribution in [2.75, 3.05) is 0 Å². The highest BCUT2D eigenvalue weighted by atomic mass is 32.1. The number of benzene rings is 2. The van der Waals surface area contributed by atoms with Crippen LogP contribution in [0.1, 0.15) is 25.8 Å². The molecular formula is C18H15NO2S. The van der Waals surface area contributed by atoms with E-state index in [9.17, 15) is 9.90 Å². The molecule has 3 nitrogen and oxygen atoms in total. The van der Waals surface area contributed by atoms with Crippen LogP contribution < -0.4 is 0 Å². The molecule has 0 fully saturated rings. The molecule has 1 aromatic heterocycles. The van der Waals surface area contributed by atoms with Gasteiger partial charge in [-0.1, -0.05) is 54.1 Å². The molecule has 0 spiro atoms.